The summed E-state index contributed by atoms with van der Waals surface area (Å²) in [6, 6.07) is 6.10. The van der Waals surface area contributed by atoms with Crippen molar-refractivity contribution in [1.82, 2.24) is 9.97 Å². The van der Waals surface area contributed by atoms with E-state index in [0.29, 0.717) is 5.56 Å². The molecule has 4 heteroatoms. The van der Waals surface area contributed by atoms with Crippen LogP contribution in [0.4, 0.5) is 4.39 Å². The zero-order valence-corrected chi connectivity index (χ0v) is 7.84. The van der Waals surface area contributed by atoms with Crippen LogP contribution in [0.3, 0.4) is 0 Å². The average Bonchev–Trinajstić information content (AvgIpc) is 2.30. The molecule has 0 saturated carbocycles. The maximum absolute atomic E-state index is 13.3. The topological polar surface area (TPSA) is 46.0 Å². The molecule has 3 nitrogen and oxygen atoms in total. The van der Waals surface area contributed by atoms with Gasteiger partial charge in [0.2, 0.25) is 0 Å². The molecule has 1 N–H and O–H groups in total. The van der Waals surface area contributed by atoms with E-state index in [0.717, 1.165) is 0 Å². The Bertz CT molecular complexity index is 447. The van der Waals surface area contributed by atoms with Gasteiger partial charge in [-0.05, 0) is 18.2 Å². The summed E-state index contributed by atoms with van der Waals surface area (Å²) in [6.45, 7) is 0. The molecule has 0 spiro atoms. The Balaban J connectivity index is 2.37. The number of aliphatic hydroxyl groups is 1. The Hall–Kier alpha value is -1.81. The van der Waals surface area contributed by atoms with Crippen LogP contribution in [0.5, 0.6) is 0 Å². The standard InChI is InChI=1S/C11H9FN2O/c12-9-4-2-6-14-10(9)11(15)8-3-1-5-13-7-8/h1-7,11,15H. The highest BCUT2D eigenvalue weighted by Crippen LogP contribution is 2.20. The van der Waals surface area contributed by atoms with Crippen LogP contribution in [0, 0.1) is 5.82 Å². The van der Waals surface area contributed by atoms with Gasteiger partial charge >= 0.3 is 0 Å². The second kappa shape index (κ2) is 4.14. The van der Waals surface area contributed by atoms with Crippen LogP contribution in [0.25, 0.3) is 0 Å². The van der Waals surface area contributed by atoms with Gasteiger partial charge in [0, 0.05) is 24.2 Å². The zero-order valence-electron chi connectivity index (χ0n) is 7.84. The van der Waals surface area contributed by atoms with E-state index in [1.165, 1.54) is 24.5 Å². The second-order valence-corrected chi connectivity index (χ2v) is 3.06. The van der Waals surface area contributed by atoms with Gasteiger partial charge in [0.25, 0.3) is 0 Å². The lowest BCUT2D eigenvalue weighted by Crippen LogP contribution is -2.05. The summed E-state index contributed by atoms with van der Waals surface area (Å²) < 4.78 is 13.3. The monoisotopic (exact) mass is 204 g/mol. The van der Waals surface area contributed by atoms with Gasteiger partial charge in [-0.15, -0.1) is 0 Å². The molecule has 76 valence electrons. The average molecular weight is 204 g/mol. The van der Waals surface area contributed by atoms with Gasteiger partial charge in [0.1, 0.15) is 17.6 Å². The fourth-order valence-electron chi connectivity index (χ4n) is 1.29. The third kappa shape index (κ3) is 1.99. The van der Waals surface area contributed by atoms with Gasteiger partial charge in [-0.2, -0.15) is 0 Å². The first-order valence-electron chi connectivity index (χ1n) is 4.47. The van der Waals surface area contributed by atoms with Gasteiger partial charge in [0.05, 0.1) is 0 Å². The third-order valence-corrected chi connectivity index (χ3v) is 2.05. The number of hydrogen-bond donors (Lipinski definition) is 1. The smallest absolute Gasteiger partial charge is 0.147 e. The Morgan fingerprint density at radius 1 is 1.20 bits per heavy atom. The Labute approximate surface area is 86.3 Å². The molecule has 0 aliphatic heterocycles. The van der Waals surface area contributed by atoms with Crippen molar-refractivity contribution in [2.75, 3.05) is 0 Å². The molecule has 0 aliphatic carbocycles. The minimum absolute atomic E-state index is 0.0190. The van der Waals surface area contributed by atoms with E-state index in [4.69, 9.17) is 0 Å². The first kappa shape index (κ1) is 9.73. The van der Waals surface area contributed by atoms with Crippen LogP contribution in [-0.4, -0.2) is 15.1 Å². The summed E-state index contributed by atoms with van der Waals surface area (Å²) in [6.07, 6.45) is 3.45. The first-order valence-corrected chi connectivity index (χ1v) is 4.47. The predicted molar refractivity (Wildman–Crippen MR) is 52.5 cm³/mol. The highest BCUT2D eigenvalue weighted by atomic mass is 19.1. The first-order chi connectivity index (χ1) is 7.29. The van der Waals surface area contributed by atoms with Gasteiger partial charge < -0.3 is 5.11 Å². The van der Waals surface area contributed by atoms with Crippen molar-refractivity contribution in [2.45, 2.75) is 6.10 Å². The van der Waals surface area contributed by atoms with E-state index in [-0.39, 0.29) is 5.69 Å². The zero-order chi connectivity index (χ0) is 10.7. The maximum atomic E-state index is 13.3. The quantitative estimate of drug-likeness (QED) is 0.809. The van der Waals surface area contributed by atoms with E-state index in [1.807, 2.05) is 0 Å². The molecule has 0 saturated heterocycles. The second-order valence-electron chi connectivity index (χ2n) is 3.06. The number of rotatable bonds is 2. The largest absolute Gasteiger partial charge is 0.382 e. The van der Waals surface area contributed by atoms with Crippen LogP contribution >= 0.6 is 0 Å². The van der Waals surface area contributed by atoms with Crippen LogP contribution in [0.2, 0.25) is 0 Å². The highest BCUT2D eigenvalue weighted by molar-refractivity contribution is 5.23. The van der Waals surface area contributed by atoms with Crippen molar-refractivity contribution in [3.05, 3.63) is 59.9 Å². The lowest BCUT2D eigenvalue weighted by Gasteiger charge is -2.09. The van der Waals surface area contributed by atoms with E-state index >= 15 is 0 Å². The molecule has 0 bridgehead atoms. The molecule has 0 amide bonds. The summed E-state index contributed by atoms with van der Waals surface area (Å²) >= 11 is 0. The molecule has 1 unspecified atom stereocenters. The number of nitrogens with zero attached hydrogens (tertiary/aromatic N) is 2. The molecule has 0 fully saturated rings. The van der Waals surface area contributed by atoms with E-state index in [1.54, 1.807) is 18.3 Å². The number of aromatic nitrogens is 2. The van der Waals surface area contributed by atoms with Crippen molar-refractivity contribution >= 4 is 0 Å². The molecular formula is C11H9FN2O. The Kier molecular flexibility index (Phi) is 2.69. The fraction of sp³-hybridized carbons (Fsp3) is 0.0909. The molecular weight excluding hydrogens is 195 g/mol. The van der Waals surface area contributed by atoms with Crippen molar-refractivity contribution in [3.8, 4) is 0 Å². The number of halogens is 1. The summed E-state index contributed by atoms with van der Waals surface area (Å²) in [5, 5.41) is 9.83. The SMILES string of the molecule is OC(c1cccnc1)c1ncccc1F. The van der Waals surface area contributed by atoms with E-state index < -0.39 is 11.9 Å². The summed E-state index contributed by atoms with van der Waals surface area (Å²) in [5.74, 6) is -0.520. The molecule has 0 aliphatic rings. The van der Waals surface area contributed by atoms with Crippen molar-refractivity contribution in [2.24, 2.45) is 0 Å². The third-order valence-electron chi connectivity index (χ3n) is 2.05. The summed E-state index contributed by atoms with van der Waals surface area (Å²) in [7, 11) is 0. The Morgan fingerprint density at radius 3 is 2.67 bits per heavy atom. The molecule has 2 rings (SSSR count). The molecule has 1 atom stereocenters. The van der Waals surface area contributed by atoms with Gasteiger partial charge in [-0.1, -0.05) is 6.07 Å². The minimum atomic E-state index is -1.07. The van der Waals surface area contributed by atoms with E-state index in [2.05, 4.69) is 9.97 Å². The van der Waals surface area contributed by atoms with Crippen molar-refractivity contribution < 1.29 is 9.50 Å². The van der Waals surface area contributed by atoms with Crippen LogP contribution in [-0.2, 0) is 0 Å². The van der Waals surface area contributed by atoms with Crippen LogP contribution in [0.15, 0.2) is 42.9 Å². The summed E-state index contributed by atoms with van der Waals surface area (Å²) in [5.41, 5.74) is 0.542. The Morgan fingerprint density at radius 2 is 2.00 bits per heavy atom. The molecule has 0 aromatic carbocycles. The van der Waals surface area contributed by atoms with Crippen LogP contribution in [0.1, 0.15) is 17.4 Å². The number of aliphatic hydroxyl groups excluding tert-OH is 1. The lowest BCUT2D eigenvalue weighted by molar-refractivity contribution is 0.209. The summed E-state index contributed by atoms with van der Waals surface area (Å²) in [4.78, 5) is 7.65. The van der Waals surface area contributed by atoms with Gasteiger partial charge in [0.15, 0.2) is 0 Å². The molecule has 0 radical (unpaired) electrons. The van der Waals surface area contributed by atoms with Crippen molar-refractivity contribution in [3.63, 3.8) is 0 Å². The van der Waals surface area contributed by atoms with Crippen LogP contribution < -0.4 is 0 Å². The van der Waals surface area contributed by atoms with E-state index in [9.17, 15) is 9.50 Å². The fourth-order valence-corrected chi connectivity index (χ4v) is 1.29. The number of hydrogen-bond acceptors (Lipinski definition) is 3. The predicted octanol–water partition coefficient (Wildman–Crippen LogP) is 1.70. The molecule has 15 heavy (non-hydrogen) atoms. The minimum Gasteiger partial charge on any atom is -0.382 e. The molecule has 2 aromatic heterocycles. The molecule has 2 aromatic rings. The maximum Gasteiger partial charge on any atom is 0.147 e. The van der Waals surface area contributed by atoms with Gasteiger partial charge in [-0.3, -0.25) is 9.97 Å². The number of pyridine rings is 2. The normalized spacial score (nSPS) is 12.4. The van der Waals surface area contributed by atoms with Gasteiger partial charge in [-0.25, -0.2) is 4.39 Å². The lowest BCUT2D eigenvalue weighted by atomic mass is 10.1. The molecule has 2 heterocycles. The highest BCUT2D eigenvalue weighted by Gasteiger charge is 2.15. The van der Waals surface area contributed by atoms with Crippen molar-refractivity contribution in [1.29, 1.82) is 0 Å².